The molecule has 0 aromatic heterocycles. The van der Waals surface area contributed by atoms with Gasteiger partial charge in [-0.05, 0) is 280 Å². The van der Waals surface area contributed by atoms with Crippen LogP contribution in [0.1, 0.15) is 20.7 Å². The molecule has 1 N–H and O–H groups in total. The van der Waals surface area contributed by atoms with E-state index in [0.29, 0.717) is 22.6 Å². The highest BCUT2D eigenvalue weighted by molar-refractivity contribution is 14.1. The fraction of sp³-hybridized carbons (Fsp3) is 0.0196. The van der Waals surface area contributed by atoms with Gasteiger partial charge in [0.15, 0.2) is 29.4 Å². The highest BCUT2D eigenvalue weighted by atomic mass is 127. The van der Waals surface area contributed by atoms with E-state index in [2.05, 4.69) is 262 Å². The summed E-state index contributed by atoms with van der Waals surface area (Å²) in [4.78, 5) is 36.2. The lowest BCUT2D eigenvalue weighted by Gasteiger charge is -2.29. The topological polar surface area (TPSA) is 67.9 Å². The van der Waals surface area contributed by atoms with Crippen molar-refractivity contribution < 1.29 is 19.1 Å². The SMILES string of the molecule is CN1c2ccccc2[S+](c2ccc(OC(=O)c3c(I)ccc(I)c3I)cc2)c2ccc(-c3ccc4c(c3)Nc3ccccc3[S+]4c3ccc(OC(=O)c4c(I)ccc(I)c4I)cc3)cc21. The third kappa shape index (κ3) is 8.96. The minimum atomic E-state index is -0.409. The van der Waals surface area contributed by atoms with Crippen LogP contribution in [0.15, 0.2) is 187 Å². The number of nitrogens with one attached hydrogen (secondary N) is 1. The molecule has 0 amide bonds. The van der Waals surface area contributed by atoms with Crippen LogP contribution in [0.5, 0.6) is 11.5 Å². The highest BCUT2D eigenvalue weighted by Gasteiger charge is 2.41. The number of fused-ring (bicyclic) bond motifs is 4. The van der Waals surface area contributed by atoms with Crippen LogP contribution < -0.4 is 19.7 Å². The average molecular weight is 1560 g/mol. The van der Waals surface area contributed by atoms with Crippen LogP contribution in [-0.2, 0) is 21.8 Å². The van der Waals surface area contributed by atoms with Crippen molar-refractivity contribution in [3.8, 4) is 22.6 Å². The van der Waals surface area contributed by atoms with Gasteiger partial charge in [-0.2, -0.15) is 0 Å². The van der Waals surface area contributed by atoms with Gasteiger partial charge >= 0.3 is 11.9 Å². The monoisotopic (exact) mass is 1560 g/mol. The van der Waals surface area contributed by atoms with Gasteiger partial charge in [-0.15, -0.1) is 0 Å². The van der Waals surface area contributed by atoms with E-state index in [1.54, 1.807) is 0 Å². The first-order valence-corrected chi connectivity index (χ1v) is 28.7. The van der Waals surface area contributed by atoms with E-state index >= 15 is 0 Å². The fourth-order valence-corrected chi connectivity index (χ4v) is 17.1. The largest absolute Gasteiger partial charge is 0.423 e. The number of anilines is 4. The van der Waals surface area contributed by atoms with E-state index in [-0.39, 0.29) is 11.9 Å². The van der Waals surface area contributed by atoms with Gasteiger partial charge in [-0.25, -0.2) is 9.59 Å². The van der Waals surface area contributed by atoms with Crippen molar-refractivity contribution in [3.05, 3.63) is 190 Å². The van der Waals surface area contributed by atoms with Crippen LogP contribution >= 0.6 is 136 Å². The van der Waals surface area contributed by atoms with Crippen molar-refractivity contribution >= 4 is 192 Å². The molecule has 8 aromatic rings. The smallest absolute Gasteiger partial charge is 0.345 e. The lowest BCUT2D eigenvalue weighted by Crippen LogP contribution is -2.22. The Kier molecular flexibility index (Phi) is 13.8. The number of carbonyl (C=O) groups excluding carboxylic acids is 2. The molecule has 6 nitrogen and oxygen atoms in total. The second kappa shape index (κ2) is 19.4. The molecule has 8 aromatic carbocycles. The number of nitrogens with zero attached hydrogens (tertiary/aromatic N) is 1. The Bertz CT molecular complexity index is 3240. The van der Waals surface area contributed by atoms with Crippen LogP contribution in [0.2, 0.25) is 0 Å². The van der Waals surface area contributed by atoms with Gasteiger partial charge < -0.3 is 19.7 Å². The number of halogens is 6. The molecule has 0 spiro atoms. The summed E-state index contributed by atoms with van der Waals surface area (Å²) in [5, 5.41) is 3.76. The molecular formula is C51H30I6N2O4S2+2. The molecule has 2 heterocycles. The number of esters is 2. The highest BCUT2D eigenvalue weighted by Crippen LogP contribution is 2.50. The van der Waals surface area contributed by atoms with Gasteiger partial charge in [-0.1, -0.05) is 24.3 Å². The van der Waals surface area contributed by atoms with E-state index in [0.717, 1.165) is 65.1 Å². The van der Waals surface area contributed by atoms with Crippen molar-refractivity contribution in [1.82, 2.24) is 0 Å². The van der Waals surface area contributed by atoms with E-state index < -0.39 is 21.8 Å². The molecule has 2 unspecified atom stereocenters. The normalized spacial score (nSPS) is 14.6. The molecule has 320 valence electrons. The molecule has 0 radical (unpaired) electrons. The Labute approximate surface area is 464 Å². The van der Waals surface area contributed by atoms with Gasteiger partial charge in [-0.3, -0.25) is 0 Å². The zero-order chi connectivity index (χ0) is 45.1. The van der Waals surface area contributed by atoms with E-state index in [1.807, 2.05) is 48.5 Å². The maximum atomic E-state index is 13.4. The Morgan fingerprint density at radius 3 is 1.49 bits per heavy atom. The molecule has 0 fully saturated rings. The number of para-hydroxylation sites is 2. The number of hydrogen-bond acceptors (Lipinski definition) is 6. The second-order valence-corrected chi connectivity index (χ2v) is 25.5. The van der Waals surface area contributed by atoms with Gasteiger partial charge in [0.05, 0.1) is 33.9 Å². The second-order valence-electron chi connectivity index (χ2n) is 14.8. The molecule has 10 rings (SSSR count). The van der Waals surface area contributed by atoms with Gasteiger partial charge in [0.25, 0.3) is 0 Å². The van der Waals surface area contributed by atoms with Crippen molar-refractivity contribution in [3.63, 3.8) is 0 Å². The summed E-state index contributed by atoms with van der Waals surface area (Å²) in [6.07, 6.45) is 0. The Morgan fingerprint density at radius 2 is 0.908 bits per heavy atom. The summed E-state index contributed by atoms with van der Waals surface area (Å²) in [5.41, 5.74) is 7.85. The number of hydrogen-bond donors (Lipinski definition) is 1. The first kappa shape index (κ1) is 46.1. The van der Waals surface area contributed by atoms with Crippen molar-refractivity contribution in [1.29, 1.82) is 0 Å². The fourth-order valence-electron chi connectivity index (χ4n) is 7.82. The van der Waals surface area contributed by atoms with Crippen LogP contribution in [0, 0.1) is 21.4 Å². The van der Waals surface area contributed by atoms with Crippen LogP contribution in [0.4, 0.5) is 22.7 Å². The average Bonchev–Trinajstić information content (AvgIpc) is 3.31. The van der Waals surface area contributed by atoms with Crippen LogP contribution in [0.3, 0.4) is 0 Å². The zero-order valence-corrected chi connectivity index (χ0v) is 48.3. The Morgan fingerprint density at radius 1 is 0.462 bits per heavy atom. The summed E-state index contributed by atoms with van der Waals surface area (Å²) < 4.78 is 17.4. The first-order valence-electron chi connectivity index (χ1n) is 19.8. The third-order valence-corrected chi connectivity index (χ3v) is 23.5. The third-order valence-electron chi connectivity index (χ3n) is 10.9. The molecule has 65 heavy (non-hydrogen) atoms. The number of ether oxygens (including phenoxy) is 2. The minimum Gasteiger partial charge on any atom is -0.423 e. The van der Waals surface area contributed by atoms with Crippen LogP contribution in [-0.4, -0.2) is 19.0 Å². The molecule has 14 heteroatoms. The molecule has 2 atom stereocenters. The summed E-state index contributed by atoms with van der Waals surface area (Å²) >= 11 is 13.3. The Hall–Kier alpha value is -2.62. The summed E-state index contributed by atoms with van der Waals surface area (Å²) in [5.74, 6) is 0.307. The Balaban J connectivity index is 0.949. The summed E-state index contributed by atoms with van der Waals surface area (Å²) in [7, 11) is 1.33. The lowest BCUT2D eigenvalue weighted by atomic mass is 10.0. The van der Waals surface area contributed by atoms with Gasteiger partial charge in [0.1, 0.15) is 33.3 Å². The predicted molar refractivity (Wildman–Crippen MR) is 312 cm³/mol. The van der Waals surface area contributed by atoms with Crippen molar-refractivity contribution in [2.24, 2.45) is 0 Å². The predicted octanol–water partition coefficient (Wildman–Crippen LogP) is 15.7. The molecule has 2 aliphatic rings. The van der Waals surface area contributed by atoms with Gasteiger partial charge in [0.2, 0.25) is 0 Å². The molecular weight excluding hydrogens is 1530 g/mol. The lowest BCUT2D eigenvalue weighted by molar-refractivity contribution is 0.0722. The number of rotatable bonds is 7. The molecule has 0 saturated carbocycles. The standard InChI is InChI=1S/C51H30I6N2O4S2/c1-59-40-7-3-5-9-44(40)65(33-18-14-31(15-19-33)63-51(61)47-35(53)21-23-37(55)49(47)57)45-25-11-29(27-41(45)59)28-10-24-43-39(26-28)58-38-6-2-4-8-42(38)64(43)32-16-12-30(13-17-32)62-50(60)46-34(52)20-22-36(54)48(46)56/h2-27,58H,1H3/q+2. The number of carbonyl (C=O) groups is 2. The summed E-state index contributed by atoms with van der Waals surface area (Å²) in [6, 6.07) is 54.5. The van der Waals surface area contributed by atoms with Crippen molar-refractivity contribution in [2.75, 3.05) is 17.3 Å². The van der Waals surface area contributed by atoms with Gasteiger partial charge in [0, 0.05) is 28.5 Å². The van der Waals surface area contributed by atoms with Crippen molar-refractivity contribution in [2.45, 2.75) is 29.4 Å². The van der Waals surface area contributed by atoms with E-state index in [4.69, 9.17) is 9.47 Å². The molecule has 0 bridgehead atoms. The molecule has 2 aliphatic heterocycles. The first-order chi connectivity index (χ1) is 31.4. The quantitative estimate of drug-likeness (QED) is 0.0564. The van der Waals surface area contributed by atoms with E-state index in [9.17, 15) is 9.59 Å². The maximum Gasteiger partial charge on any atom is 0.345 e. The van der Waals surface area contributed by atoms with Crippen LogP contribution in [0.25, 0.3) is 11.1 Å². The zero-order valence-electron chi connectivity index (χ0n) is 33.7. The minimum absolute atomic E-state index is 0.357. The molecule has 0 aliphatic carbocycles. The van der Waals surface area contributed by atoms with E-state index in [1.165, 1.54) is 19.6 Å². The maximum absolute atomic E-state index is 13.4. The summed E-state index contributed by atoms with van der Waals surface area (Å²) in [6.45, 7) is 0. The number of benzene rings is 8. The molecule has 0 saturated heterocycles.